The van der Waals surface area contributed by atoms with E-state index in [0.717, 1.165) is 10.9 Å². The molecule has 5 nitrogen and oxygen atoms in total. The average Bonchev–Trinajstić information content (AvgIpc) is 2.91. The van der Waals surface area contributed by atoms with Crippen molar-refractivity contribution >= 4 is 29.2 Å². The first kappa shape index (κ1) is 14.8. The molecule has 2 heterocycles. The Bertz CT molecular complexity index is 629. The molecule has 0 saturated carbocycles. The minimum atomic E-state index is -0.0170. The molecule has 2 aromatic rings. The lowest BCUT2D eigenvalue weighted by atomic mass is 10.1. The Kier molecular flexibility index (Phi) is 4.01. The van der Waals surface area contributed by atoms with Crippen LogP contribution in [0.4, 0.5) is 0 Å². The second-order valence-corrected chi connectivity index (χ2v) is 5.34. The van der Waals surface area contributed by atoms with Gasteiger partial charge in [0.2, 0.25) is 0 Å². The Hall–Kier alpha value is -1.59. The Balaban J connectivity index is 0.00000147. The fourth-order valence-electron chi connectivity index (χ4n) is 2.68. The summed E-state index contributed by atoms with van der Waals surface area (Å²) in [4.78, 5) is 14.4. The van der Waals surface area contributed by atoms with Crippen molar-refractivity contribution in [2.24, 2.45) is 18.7 Å². The predicted octanol–water partition coefficient (Wildman–Crippen LogP) is 1.41. The number of nitrogens with two attached hydrogens (primary N) is 1. The molecule has 0 bridgehead atoms. The Morgan fingerprint density at radius 1 is 1.35 bits per heavy atom. The molecular formula is C14H19ClN4O. The maximum absolute atomic E-state index is 12.6. The number of hydrogen-bond donors (Lipinski definition) is 1. The fraction of sp³-hybridized carbons (Fsp3) is 0.429. The summed E-state index contributed by atoms with van der Waals surface area (Å²) in [7, 11) is 1.86. The van der Waals surface area contributed by atoms with Gasteiger partial charge in [0.1, 0.15) is 0 Å². The number of likely N-dealkylation sites (tertiary alicyclic amines) is 1. The molecular weight excluding hydrogens is 276 g/mol. The van der Waals surface area contributed by atoms with E-state index in [1.807, 2.05) is 36.2 Å². The normalized spacial score (nSPS) is 22.1. The summed E-state index contributed by atoms with van der Waals surface area (Å²) in [6.45, 7) is 3.41. The van der Waals surface area contributed by atoms with E-state index in [1.54, 1.807) is 4.68 Å². The van der Waals surface area contributed by atoms with Crippen LogP contribution in [-0.2, 0) is 7.05 Å². The van der Waals surface area contributed by atoms with Gasteiger partial charge in [-0.2, -0.15) is 5.10 Å². The van der Waals surface area contributed by atoms with Gasteiger partial charge in [-0.05, 0) is 12.0 Å². The fourth-order valence-corrected chi connectivity index (χ4v) is 2.68. The highest BCUT2D eigenvalue weighted by atomic mass is 35.5. The first-order valence-corrected chi connectivity index (χ1v) is 6.54. The molecule has 0 aliphatic carbocycles. The largest absolute Gasteiger partial charge is 0.335 e. The van der Waals surface area contributed by atoms with E-state index in [1.165, 1.54) is 0 Å². The quantitative estimate of drug-likeness (QED) is 0.865. The van der Waals surface area contributed by atoms with E-state index in [-0.39, 0.29) is 24.4 Å². The molecule has 2 atom stereocenters. The van der Waals surface area contributed by atoms with Crippen molar-refractivity contribution in [2.75, 3.05) is 13.1 Å². The molecule has 1 amide bonds. The number of benzene rings is 1. The van der Waals surface area contributed by atoms with Gasteiger partial charge in [-0.1, -0.05) is 25.1 Å². The number of nitrogens with zero attached hydrogens (tertiary/aromatic N) is 3. The third-order valence-corrected chi connectivity index (χ3v) is 3.92. The van der Waals surface area contributed by atoms with E-state index < -0.39 is 0 Å². The molecule has 1 aromatic carbocycles. The monoisotopic (exact) mass is 294 g/mol. The van der Waals surface area contributed by atoms with Crippen molar-refractivity contribution < 1.29 is 4.79 Å². The van der Waals surface area contributed by atoms with Gasteiger partial charge in [-0.15, -0.1) is 12.4 Å². The standard InChI is InChI=1S/C14H18N4O.ClH/c1-9-7-18(8-11(9)15)14(19)13-10-5-3-4-6-12(10)17(2)16-13;/h3-6,9,11H,7-8,15H2,1-2H3;1H/t9-,11+;/m1./s1. The molecule has 20 heavy (non-hydrogen) atoms. The average molecular weight is 295 g/mol. The van der Waals surface area contributed by atoms with E-state index in [4.69, 9.17) is 5.73 Å². The van der Waals surface area contributed by atoms with Crippen LogP contribution in [0.15, 0.2) is 24.3 Å². The van der Waals surface area contributed by atoms with Crippen LogP contribution in [0.1, 0.15) is 17.4 Å². The van der Waals surface area contributed by atoms with Gasteiger partial charge < -0.3 is 10.6 Å². The first-order chi connectivity index (χ1) is 9.08. The van der Waals surface area contributed by atoms with Crippen molar-refractivity contribution in [2.45, 2.75) is 13.0 Å². The Morgan fingerprint density at radius 3 is 2.70 bits per heavy atom. The topological polar surface area (TPSA) is 64.2 Å². The van der Waals surface area contributed by atoms with E-state index in [9.17, 15) is 4.79 Å². The van der Waals surface area contributed by atoms with Gasteiger partial charge in [-0.25, -0.2) is 0 Å². The third-order valence-electron chi connectivity index (χ3n) is 3.92. The van der Waals surface area contributed by atoms with Crippen molar-refractivity contribution in [3.63, 3.8) is 0 Å². The summed E-state index contributed by atoms with van der Waals surface area (Å²) in [5.74, 6) is 0.329. The number of amides is 1. The number of carbonyl (C=O) groups is 1. The second kappa shape index (κ2) is 5.42. The van der Waals surface area contributed by atoms with Crippen LogP contribution in [0, 0.1) is 5.92 Å². The third kappa shape index (κ3) is 2.27. The zero-order valence-electron chi connectivity index (χ0n) is 11.6. The lowest BCUT2D eigenvalue weighted by molar-refractivity contribution is 0.0782. The van der Waals surface area contributed by atoms with Gasteiger partial charge >= 0.3 is 0 Å². The predicted molar refractivity (Wildman–Crippen MR) is 81.0 cm³/mol. The molecule has 1 fully saturated rings. The van der Waals surface area contributed by atoms with Crippen molar-refractivity contribution in [3.8, 4) is 0 Å². The zero-order valence-corrected chi connectivity index (χ0v) is 12.4. The smallest absolute Gasteiger partial charge is 0.275 e. The van der Waals surface area contributed by atoms with Crippen LogP contribution in [0.25, 0.3) is 10.9 Å². The number of aromatic nitrogens is 2. The summed E-state index contributed by atoms with van der Waals surface area (Å²) < 4.78 is 1.75. The highest BCUT2D eigenvalue weighted by Crippen LogP contribution is 2.22. The van der Waals surface area contributed by atoms with E-state index in [0.29, 0.717) is 24.7 Å². The number of halogens is 1. The number of rotatable bonds is 1. The lowest BCUT2D eigenvalue weighted by Crippen LogP contribution is -2.32. The summed E-state index contributed by atoms with van der Waals surface area (Å²) in [5.41, 5.74) is 7.48. The molecule has 1 aliphatic heterocycles. The lowest BCUT2D eigenvalue weighted by Gasteiger charge is -2.14. The molecule has 1 aliphatic rings. The minimum absolute atomic E-state index is 0. The summed E-state index contributed by atoms with van der Waals surface area (Å²) in [6, 6.07) is 7.86. The SMILES string of the molecule is C[C@@H]1CN(C(=O)c2nn(C)c3ccccc23)C[C@@H]1N.Cl. The number of aryl methyl sites for hydroxylation is 1. The van der Waals surface area contributed by atoms with Gasteiger partial charge in [0.05, 0.1) is 5.52 Å². The number of hydrogen-bond acceptors (Lipinski definition) is 3. The van der Waals surface area contributed by atoms with E-state index >= 15 is 0 Å². The number of fused-ring (bicyclic) bond motifs is 1. The summed E-state index contributed by atoms with van der Waals surface area (Å²) in [5, 5.41) is 5.27. The first-order valence-electron chi connectivity index (χ1n) is 6.54. The van der Waals surface area contributed by atoms with E-state index in [2.05, 4.69) is 12.0 Å². The van der Waals surface area contributed by atoms with Gasteiger partial charge in [-0.3, -0.25) is 9.48 Å². The van der Waals surface area contributed by atoms with Crippen LogP contribution in [0.2, 0.25) is 0 Å². The van der Waals surface area contributed by atoms with Gasteiger partial charge in [0, 0.05) is 31.6 Å². The molecule has 3 rings (SSSR count). The molecule has 1 saturated heterocycles. The highest BCUT2D eigenvalue weighted by Gasteiger charge is 2.32. The summed E-state index contributed by atoms with van der Waals surface area (Å²) >= 11 is 0. The highest BCUT2D eigenvalue weighted by molar-refractivity contribution is 6.04. The Labute approximate surface area is 124 Å². The van der Waals surface area contributed by atoms with Gasteiger partial charge in [0.25, 0.3) is 5.91 Å². The Morgan fingerprint density at radius 2 is 2.05 bits per heavy atom. The maximum Gasteiger partial charge on any atom is 0.275 e. The summed E-state index contributed by atoms with van der Waals surface area (Å²) in [6.07, 6.45) is 0. The number of carbonyl (C=O) groups excluding carboxylic acids is 1. The molecule has 0 unspecified atom stereocenters. The number of para-hydroxylation sites is 1. The van der Waals surface area contributed by atoms with Gasteiger partial charge in [0.15, 0.2) is 5.69 Å². The van der Waals surface area contributed by atoms with Crippen LogP contribution in [0.3, 0.4) is 0 Å². The van der Waals surface area contributed by atoms with Crippen LogP contribution < -0.4 is 5.73 Å². The van der Waals surface area contributed by atoms with Crippen molar-refractivity contribution in [3.05, 3.63) is 30.0 Å². The van der Waals surface area contributed by atoms with Crippen molar-refractivity contribution in [1.82, 2.24) is 14.7 Å². The van der Waals surface area contributed by atoms with Crippen LogP contribution >= 0.6 is 12.4 Å². The minimum Gasteiger partial charge on any atom is -0.335 e. The van der Waals surface area contributed by atoms with Crippen molar-refractivity contribution in [1.29, 1.82) is 0 Å². The molecule has 0 spiro atoms. The zero-order chi connectivity index (χ0) is 13.6. The van der Waals surface area contributed by atoms with Crippen LogP contribution in [-0.4, -0.2) is 39.7 Å². The second-order valence-electron chi connectivity index (χ2n) is 5.34. The van der Waals surface area contributed by atoms with Crippen LogP contribution in [0.5, 0.6) is 0 Å². The molecule has 2 N–H and O–H groups in total. The molecule has 0 radical (unpaired) electrons. The molecule has 1 aromatic heterocycles. The molecule has 6 heteroatoms. The molecule has 108 valence electrons. The maximum atomic E-state index is 12.6.